The minimum Gasteiger partial charge on any atom is -0.356 e. The quantitative estimate of drug-likeness (QED) is 0.493. The Balaban J connectivity index is 1.16. The average Bonchev–Trinajstić information content (AvgIpc) is 3.53. The molecule has 0 atom stereocenters. The van der Waals surface area contributed by atoms with E-state index in [1.54, 1.807) is 4.90 Å². The van der Waals surface area contributed by atoms with Gasteiger partial charge >= 0.3 is 0 Å². The molecule has 1 aromatic heterocycles. The van der Waals surface area contributed by atoms with Crippen LogP contribution in [0.15, 0.2) is 24.3 Å². The third kappa shape index (κ3) is 6.84. The summed E-state index contributed by atoms with van der Waals surface area (Å²) >= 11 is 0.909. The SMILES string of the molecule is O=C(CC1CCN(C(=O)c2nnc(C(=O)Nc3ccc(F)cc3)s2)CC1)NCCCN1CCCC1=O. The molecule has 0 aliphatic carbocycles. The lowest BCUT2D eigenvalue weighted by molar-refractivity contribution is -0.127. The molecule has 10 nitrogen and oxygen atoms in total. The molecule has 36 heavy (non-hydrogen) atoms. The number of rotatable bonds is 9. The fourth-order valence-corrected chi connectivity index (χ4v) is 5.07. The van der Waals surface area contributed by atoms with Gasteiger partial charge in [-0.2, -0.15) is 0 Å². The maximum Gasteiger partial charge on any atom is 0.286 e. The first kappa shape index (κ1) is 25.7. The van der Waals surface area contributed by atoms with Crippen LogP contribution in [0.5, 0.6) is 0 Å². The van der Waals surface area contributed by atoms with Crippen molar-refractivity contribution < 1.29 is 23.6 Å². The molecule has 2 saturated heterocycles. The van der Waals surface area contributed by atoms with Gasteiger partial charge in [0, 0.05) is 51.3 Å². The molecular weight excluding hydrogens is 487 g/mol. The van der Waals surface area contributed by atoms with E-state index in [0.717, 1.165) is 30.7 Å². The number of hydrogen-bond donors (Lipinski definition) is 2. The number of likely N-dealkylation sites (tertiary alicyclic amines) is 2. The van der Waals surface area contributed by atoms with Crippen LogP contribution in [0.2, 0.25) is 0 Å². The number of nitrogens with zero attached hydrogens (tertiary/aromatic N) is 4. The number of nitrogens with one attached hydrogen (secondary N) is 2. The summed E-state index contributed by atoms with van der Waals surface area (Å²) in [6.45, 7) is 3.05. The Hall–Kier alpha value is -3.41. The molecule has 0 saturated carbocycles. The number of piperidine rings is 1. The second-order valence-corrected chi connectivity index (χ2v) is 9.98. The zero-order chi connectivity index (χ0) is 25.5. The van der Waals surface area contributed by atoms with Gasteiger partial charge in [-0.15, -0.1) is 10.2 Å². The van der Waals surface area contributed by atoms with E-state index < -0.39 is 11.7 Å². The van der Waals surface area contributed by atoms with Crippen molar-refractivity contribution >= 4 is 40.7 Å². The van der Waals surface area contributed by atoms with E-state index in [2.05, 4.69) is 20.8 Å². The lowest BCUT2D eigenvalue weighted by atomic mass is 9.93. The van der Waals surface area contributed by atoms with Crippen molar-refractivity contribution in [3.05, 3.63) is 40.1 Å². The predicted molar refractivity (Wildman–Crippen MR) is 131 cm³/mol. The minimum atomic E-state index is -0.519. The first-order chi connectivity index (χ1) is 17.4. The molecule has 2 aromatic rings. The molecule has 0 radical (unpaired) electrons. The van der Waals surface area contributed by atoms with Gasteiger partial charge in [0.15, 0.2) is 0 Å². The molecule has 2 aliphatic heterocycles. The normalized spacial score (nSPS) is 16.3. The average molecular weight is 517 g/mol. The van der Waals surface area contributed by atoms with E-state index in [4.69, 9.17) is 0 Å². The zero-order valence-electron chi connectivity index (χ0n) is 19.9. The molecule has 0 bridgehead atoms. The van der Waals surface area contributed by atoms with Crippen molar-refractivity contribution in [3.63, 3.8) is 0 Å². The second kappa shape index (κ2) is 12.0. The van der Waals surface area contributed by atoms with E-state index in [1.807, 2.05) is 4.90 Å². The van der Waals surface area contributed by atoms with Gasteiger partial charge in [0.25, 0.3) is 11.8 Å². The maximum absolute atomic E-state index is 13.0. The lowest BCUT2D eigenvalue weighted by Crippen LogP contribution is -2.39. The van der Waals surface area contributed by atoms with Crippen molar-refractivity contribution in [2.75, 3.05) is 38.0 Å². The van der Waals surface area contributed by atoms with Crippen molar-refractivity contribution in [1.82, 2.24) is 25.3 Å². The Labute approximate surface area is 212 Å². The number of hydrogen-bond acceptors (Lipinski definition) is 7. The number of amides is 4. The van der Waals surface area contributed by atoms with E-state index in [9.17, 15) is 23.6 Å². The van der Waals surface area contributed by atoms with E-state index >= 15 is 0 Å². The van der Waals surface area contributed by atoms with E-state index in [-0.39, 0.29) is 33.7 Å². The molecule has 1 aromatic carbocycles. The van der Waals surface area contributed by atoms with Crippen LogP contribution in [0, 0.1) is 11.7 Å². The molecule has 4 rings (SSSR count). The summed E-state index contributed by atoms with van der Waals surface area (Å²) in [6, 6.07) is 5.33. The Kier molecular flexibility index (Phi) is 8.57. The first-order valence-electron chi connectivity index (χ1n) is 12.1. The molecule has 192 valence electrons. The number of halogens is 1. The number of carbonyl (C=O) groups excluding carboxylic acids is 4. The summed E-state index contributed by atoms with van der Waals surface area (Å²) in [5.41, 5.74) is 0.414. The van der Waals surface area contributed by atoms with Gasteiger partial charge in [0.1, 0.15) is 5.82 Å². The fraction of sp³-hybridized carbons (Fsp3) is 0.500. The second-order valence-electron chi connectivity index (χ2n) is 9.00. The highest BCUT2D eigenvalue weighted by Crippen LogP contribution is 2.23. The Bertz CT molecular complexity index is 1100. The lowest BCUT2D eigenvalue weighted by Gasteiger charge is -2.31. The summed E-state index contributed by atoms with van der Waals surface area (Å²) in [5, 5.41) is 13.4. The largest absolute Gasteiger partial charge is 0.356 e. The predicted octanol–water partition coefficient (Wildman–Crippen LogP) is 2.30. The van der Waals surface area contributed by atoms with E-state index in [0.29, 0.717) is 57.5 Å². The molecule has 3 heterocycles. The highest BCUT2D eigenvalue weighted by molar-refractivity contribution is 7.15. The van der Waals surface area contributed by atoms with Gasteiger partial charge in [-0.3, -0.25) is 19.2 Å². The van der Waals surface area contributed by atoms with Crippen LogP contribution in [-0.4, -0.2) is 76.3 Å². The van der Waals surface area contributed by atoms with Gasteiger partial charge in [0.2, 0.25) is 21.8 Å². The summed E-state index contributed by atoms with van der Waals surface area (Å²) in [5.74, 6) is -0.828. The molecule has 0 spiro atoms. The van der Waals surface area contributed by atoms with Crippen LogP contribution in [-0.2, 0) is 9.59 Å². The minimum absolute atomic E-state index is 0.00606. The van der Waals surface area contributed by atoms with Gasteiger partial charge in [-0.25, -0.2) is 4.39 Å². The summed E-state index contributed by atoms with van der Waals surface area (Å²) in [6.07, 6.45) is 4.11. The van der Waals surface area contributed by atoms with Crippen LogP contribution in [0.4, 0.5) is 10.1 Å². The Morgan fingerprint density at radius 3 is 2.47 bits per heavy atom. The number of carbonyl (C=O) groups is 4. The van der Waals surface area contributed by atoms with Crippen LogP contribution >= 0.6 is 11.3 Å². The molecular formula is C24H29FN6O4S. The van der Waals surface area contributed by atoms with Crippen molar-refractivity contribution in [3.8, 4) is 0 Å². The van der Waals surface area contributed by atoms with Crippen LogP contribution in [0.25, 0.3) is 0 Å². The maximum atomic E-state index is 13.0. The molecule has 2 fully saturated rings. The van der Waals surface area contributed by atoms with Gasteiger partial charge in [-0.05, 0) is 55.9 Å². The number of aromatic nitrogens is 2. The standard InChI is InChI=1S/C24H29FN6O4S/c25-17-4-6-18(7-5-17)27-21(34)22-28-29-23(36-22)24(35)31-13-8-16(9-14-31)15-19(32)26-10-2-12-30-11-1-3-20(30)33/h4-7,16H,1-3,8-15H2,(H,26,32)(H,27,34). The van der Waals surface area contributed by atoms with Crippen molar-refractivity contribution in [1.29, 1.82) is 0 Å². The Morgan fingerprint density at radius 2 is 1.78 bits per heavy atom. The summed E-state index contributed by atoms with van der Waals surface area (Å²) in [7, 11) is 0. The van der Waals surface area contributed by atoms with Crippen molar-refractivity contribution in [2.45, 2.75) is 38.5 Å². The third-order valence-corrected chi connectivity index (χ3v) is 7.29. The smallest absolute Gasteiger partial charge is 0.286 e. The topological polar surface area (TPSA) is 125 Å². The van der Waals surface area contributed by atoms with Crippen LogP contribution < -0.4 is 10.6 Å². The highest BCUT2D eigenvalue weighted by Gasteiger charge is 2.28. The van der Waals surface area contributed by atoms with Crippen molar-refractivity contribution in [2.24, 2.45) is 5.92 Å². The fourth-order valence-electron chi connectivity index (χ4n) is 4.37. The summed E-state index contributed by atoms with van der Waals surface area (Å²) in [4.78, 5) is 52.6. The summed E-state index contributed by atoms with van der Waals surface area (Å²) < 4.78 is 13.0. The number of benzene rings is 1. The zero-order valence-corrected chi connectivity index (χ0v) is 20.7. The first-order valence-corrected chi connectivity index (χ1v) is 12.9. The Morgan fingerprint density at radius 1 is 1.06 bits per heavy atom. The molecule has 12 heteroatoms. The number of anilines is 1. The van der Waals surface area contributed by atoms with E-state index in [1.165, 1.54) is 24.3 Å². The van der Waals surface area contributed by atoms with Crippen LogP contribution in [0.3, 0.4) is 0 Å². The molecule has 2 N–H and O–H groups in total. The highest BCUT2D eigenvalue weighted by atomic mass is 32.1. The monoisotopic (exact) mass is 516 g/mol. The third-order valence-electron chi connectivity index (χ3n) is 6.38. The molecule has 2 aliphatic rings. The van der Waals surface area contributed by atoms with Gasteiger partial charge < -0.3 is 20.4 Å². The molecule has 4 amide bonds. The molecule has 0 unspecified atom stereocenters. The van der Waals surface area contributed by atoms with Crippen LogP contribution in [0.1, 0.15) is 58.1 Å². The van der Waals surface area contributed by atoms with Gasteiger partial charge in [0.05, 0.1) is 0 Å². The van der Waals surface area contributed by atoms with Gasteiger partial charge in [-0.1, -0.05) is 11.3 Å².